The lowest BCUT2D eigenvalue weighted by Crippen LogP contribution is -2.48. The SMILES string of the molecule is C=C(O)CN1CCN(CC(=O)O)CCN(CC(=O)CCc2ccc(CNC(=O)[C@@H](CC(=O)[C@@H](NC(=O)[C@@H](C)Cc3cnc[nH]3)C(C)CC)CC(C)C)cc2)CC1. The summed E-state index contributed by atoms with van der Waals surface area (Å²) in [4.78, 5) is 77.7. The van der Waals surface area contributed by atoms with Crippen molar-refractivity contribution in [2.45, 2.75) is 85.7 Å². The van der Waals surface area contributed by atoms with Gasteiger partial charge in [-0.05, 0) is 35.8 Å². The molecule has 1 aromatic carbocycles. The van der Waals surface area contributed by atoms with Crippen molar-refractivity contribution in [1.82, 2.24) is 35.3 Å². The largest absolute Gasteiger partial charge is 0.512 e. The zero-order valence-corrected chi connectivity index (χ0v) is 34.1. The van der Waals surface area contributed by atoms with Crippen LogP contribution in [0, 0.1) is 23.7 Å². The number of hydrogen-bond acceptors (Lipinski definition) is 10. The van der Waals surface area contributed by atoms with E-state index in [4.69, 9.17) is 0 Å². The number of carbonyl (C=O) groups excluding carboxylic acids is 4. The molecule has 0 aliphatic carbocycles. The highest BCUT2D eigenvalue weighted by atomic mass is 16.4. The van der Waals surface area contributed by atoms with Gasteiger partial charge in [0.2, 0.25) is 11.8 Å². The highest BCUT2D eigenvalue weighted by molar-refractivity contribution is 5.93. The molecule has 3 rings (SSSR count). The molecule has 1 aliphatic rings. The highest BCUT2D eigenvalue weighted by Crippen LogP contribution is 2.21. The maximum absolute atomic E-state index is 13.7. The second kappa shape index (κ2) is 23.6. The third-order valence-corrected chi connectivity index (χ3v) is 10.5. The Bertz CT molecular complexity index is 1540. The number of benzene rings is 1. The lowest BCUT2D eigenvalue weighted by molar-refractivity contribution is -0.138. The first-order valence-electron chi connectivity index (χ1n) is 20.1. The fraction of sp³-hybridized carbons (Fsp3) is 0.619. The van der Waals surface area contributed by atoms with E-state index in [9.17, 15) is 34.2 Å². The molecule has 0 radical (unpaired) electrons. The standard InChI is InChI=1S/C42H65N7O7/c1-7-30(4)40(46-41(55)31(5)21-36-24-43-28-45-36)38(52)22-35(20-29(2)3)42(56)44-23-34-10-8-33(9-11-34)12-13-37(51)26-48-16-14-47(25-32(6)50)15-18-49(19-17-48)27-39(53)54/h8-11,24,28-31,35,40,50H,6-7,12-23,25-27H2,1-5H3,(H,43,45)(H,44,56)(H,46,55)(H,53,54)/t30?,31-,35+,40-/m0/s1. The van der Waals surface area contributed by atoms with Crippen LogP contribution in [0.5, 0.6) is 0 Å². The predicted octanol–water partition coefficient (Wildman–Crippen LogP) is 3.63. The number of rotatable bonds is 23. The van der Waals surface area contributed by atoms with Gasteiger partial charge in [-0.3, -0.25) is 38.7 Å². The van der Waals surface area contributed by atoms with E-state index in [0.717, 1.165) is 16.8 Å². The van der Waals surface area contributed by atoms with E-state index in [1.807, 2.05) is 73.6 Å². The number of amides is 2. The Morgan fingerprint density at radius 1 is 0.857 bits per heavy atom. The Kier molecular flexibility index (Phi) is 19.4. The third kappa shape index (κ3) is 16.8. The van der Waals surface area contributed by atoms with Crippen molar-refractivity contribution in [2.75, 3.05) is 58.9 Å². The second-order valence-electron chi connectivity index (χ2n) is 15.9. The van der Waals surface area contributed by atoms with E-state index in [1.54, 1.807) is 12.5 Å². The first-order chi connectivity index (χ1) is 26.6. The van der Waals surface area contributed by atoms with Crippen molar-refractivity contribution in [3.8, 4) is 0 Å². The zero-order valence-electron chi connectivity index (χ0n) is 34.1. The van der Waals surface area contributed by atoms with E-state index in [-0.39, 0.29) is 66.4 Å². The number of aliphatic carboxylic acids is 1. The number of nitrogens with one attached hydrogen (secondary N) is 3. The Labute approximate surface area is 332 Å². The van der Waals surface area contributed by atoms with Gasteiger partial charge in [0.1, 0.15) is 5.78 Å². The summed E-state index contributed by atoms with van der Waals surface area (Å²) in [7, 11) is 0. The van der Waals surface area contributed by atoms with Crippen molar-refractivity contribution in [1.29, 1.82) is 0 Å². The molecule has 2 amide bonds. The van der Waals surface area contributed by atoms with Crippen LogP contribution < -0.4 is 10.6 Å². The number of carboxylic acid groups (broad SMARTS) is 1. The predicted molar refractivity (Wildman–Crippen MR) is 216 cm³/mol. The molecule has 0 spiro atoms. The normalized spacial score (nSPS) is 16.8. The number of aryl methyl sites for hydroxylation is 1. The summed E-state index contributed by atoms with van der Waals surface area (Å²) in [6, 6.07) is 7.10. The van der Waals surface area contributed by atoms with Crippen LogP contribution >= 0.6 is 0 Å². The van der Waals surface area contributed by atoms with Crippen LogP contribution in [0.2, 0.25) is 0 Å². The van der Waals surface area contributed by atoms with Gasteiger partial charge in [-0.15, -0.1) is 0 Å². The Hall–Kier alpha value is -4.40. The molecule has 1 saturated heterocycles. The van der Waals surface area contributed by atoms with Gasteiger partial charge < -0.3 is 25.8 Å². The average molecular weight is 780 g/mol. The average Bonchev–Trinajstić information content (AvgIpc) is 3.68. The van der Waals surface area contributed by atoms with Gasteiger partial charge in [0.05, 0.1) is 37.8 Å². The van der Waals surface area contributed by atoms with Gasteiger partial charge in [-0.2, -0.15) is 0 Å². The van der Waals surface area contributed by atoms with Gasteiger partial charge >= 0.3 is 5.97 Å². The number of carbonyl (C=O) groups is 5. The van der Waals surface area contributed by atoms with Gasteiger partial charge in [0.15, 0.2) is 5.78 Å². The number of H-pyrrole nitrogens is 1. The van der Waals surface area contributed by atoms with Gasteiger partial charge in [-0.1, -0.05) is 71.9 Å². The van der Waals surface area contributed by atoms with Crippen molar-refractivity contribution in [2.24, 2.45) is 23.7 Å². The molecule has 1 unspecified atom stereocenters. The van der Waals surface area contributed by atoms with Crippen LogP contribution in [0.3, 0.4) is 0 Å². The first kappa shape index (κ1) is 46.0. The summed E-state index contributed by atoms with van der Waals surface area (Å²) in [5, 5.41) is 25.1. The topological polar surface area (TPSA) is 188 Å². The van der Waals surface area contributed by atoms with E-state index in [1.165, 1.54) is 0 Å². The number of aliphatic hydroxyl groups is 1. The van der Waals surface area contributed by atoms with Gasteiger partial charge in [-0.25, -0.2) is 4.98 Å². The number of imidazole rings is 1. The molecule has 56 heavy (non-hydrogen) atoms. The molecule has 2 heterocycles. The molecular formula is C42H65N7O7. The number of aromatic amines is 1. The number of hydrogen-bond donors (Lipinski definition) is 5. The van der Waals surface area contributed by atoms with E-state index in [2.05, 4.69) is 27.2 Å². The molecule has 2 aromatic rings. The van der Waals surface area contributed by atoms with Crippen molar-refractivity contribution < 1.29 is 34.2 Å². The molecule has 14 nitrogen and oxygen atoms in total. The number of carboxylic acids is 1. The molecule has 1 fully saturated rings. The number of aliphatic hydroxyl groups excluding tert-OH is 1. The van der Waals surface area contributed by atoms with Crippen LogP contribution in [-0.2, 0) is 43.4 Å². The van der Waals surface area contributed by atoms with E-state index < -0.39 is 17.9 Å². The van der Waals surface area contributed by atoms with Crippen LogP contribution in [-0.4, -0.2) is 129 Å². The van der Waals surface area contributed by atoms with Crippen molar-refractivity contribution in [3.63, 3.8) is 0 Å². The Balaban J connectivity index is 1.52. The monoisotopic (exact) mass is 779 g/mol. The molecule has 310 valence electrons. The van der Waals surface area contributed by atoms with Crippen molar-refractivity contribution in [3.05, 3.63) is 65.9 Å². The van der Waals surface area contributed by atoms with Gasteiger partial charge in [0, 0.05) is 88.8 Å². The number of aromatic nitrogens is 2. The maximum Gasteiger partial charge on any atom is 0.317 e. The minimum absolute atomic E-state index is 0.0376. The molecule has 1 aliphatic heterocycles. The number of Topliss-reactive ketones (excluding diaryl/α,β-unsaturated/α-hetero) is 2. The fourth-order valence-electron chi connectivity index (χ4n) is 6.99. The molecule has 1 aromatic heterocycles. The number of nitrogens with zero attached hydrogens (tertiary/aromatic N) is 4. The minimum atomic E-state index is -0.900. The molecule has 5 N–H and O–H groups in total. The summed E-state index contributed by atoms with van der Waals surface area (Å²) in [5.41, 5.74) is 2.74. The Morgan fingerprint density at radius 3 is 1.98 bits per heavy atom. The summed E-state index contributed by atoms with van der Waals surface area (Å²) < 4.78 is 0. The summed E-state index contributed by atoms with van der Waals surface area (Å²) in [6.07, 6.45) is 5.93. The van der Waals surface area contributed by atoms with Crippen LogP contribution in [0.4, 0.5) is 0 Å². The maximum atomic E-state index is 13.7. The lowest BCUT2D eigenvalue weighted by Gasteiger charge is -2.27. The fourth-order valence-corrected chi connectivity index (χ4v) is 6.99. The number of ketones is 2. The van der Waals surface area contributed by atoms with Crippen LogP contribution in [0.1, 0.15) is 77.1 Å². The molecule has 14 heteroatoms. The molecule has 0 saturated carbocycles. The van der Waals surface area contributed by atoms with Crippen molar-refractivity contribution >= 4 is 29.4 Å². The van der Waals surface area contributed by atoms with E-state index >= 15 is 0 Å². The first-order valence-corrected chi connectivity index (χ1v) is 20.1. The minimum Gasteiger partial charge on any atom is -0.512 e. The van der Waals surface area contributed by atoms with Gasteiger partial charge in [0.25, 0.3) is 0 Å². The molecule has 4 atom stereocenters. The molecular weight excluding hydrogens is 715 g/mol. The summed E-state index contributed by atoms with van der Waals surface area (Å²) >= 11 is 0. The summed E-state index contributed by atoms with van der Waals surface area (Å²) in [5.74, 6) is -2.10. The second-order valence-corrected chi connectivity index (χ2v) is 15.9. The van der Waals surface area contributed by atoms with Crippen LogP contribution in [0.15, 0.2) is 49.1 Å². The third-order valence-electron chi connectivity index (χ3n) is 10.5. The highest BCUT2D eigenvalue weighted by Gasteiger charge is 2.32. The Morgan fingerprint density at radius 2 is 1.45 bits per heavy atom. The summed E-state index contributed by atoms with van der Waals surface area (Å²) in [6.45, 7) is 17.7. The lowest BCUT2D eigenvalue weighted by atomic mass is 9.86. The van der Waals surface area contributed by atoms with E-state index in [0.29, 0.717) is 84.5 Å². The molecule has 0 bridgehead atoms. The van der Waals surface area contributed by atoms with Crippen LogP contribution in [0.25, 0.3) is 0 Å². The smallest absolute Gasteiger partial charge is 0.317 e. The quantitative estimate of drug-likeness (QED) is 0.104. The zero-order chi connectivity index (χ0) is 41.2.